The summed E-state index contributed by atoms with van der Waals surface area (Å²) in [5.74, 6) is -0.268. The van der Waals surface area contributed by atoms with Crippen LogP contribution in [0, 0.1) is 5.82 Å². The number of likely N-dealkylation sites (tertiary alicyclic amines) is 1. The van der Waals surface area contributed by atoms with Gasteiger partial charge >= 0.3 is 6.03 Å². The molecule has 2 atom stereocenters. The topological polar surface area (TPSA) is 49.7 Å². The summed E-state index contributed by atoms with van der Waals surface area (Å²) in [6.07, 6.45) is 5.31. The van der Waals surface area contributed by atoms with Gasteiger partial charge in [0, 0.05) is 35.9 Å². The Morgan fingerprint density at radius 2 is 1.91 bits per heavy atom. The Kier molecular flexibility index (Phi) is 6.27. The Labute approximate surface area is 197 Å². The zero-order chi connectivity index (χ0) is 22.9. The molecular formula is C25H28ClFN4O2. The van der Waals surface area contributed by atoms with Gasteiger partial charge in [0.2, 0.25) is 0 Å². The van der Waals surface area contributed by atoms with E-state index in [2.05, 4.69) is 21.0 Å². The first-order chi connectivity index (χ1) is 16.0. The number of rotatable bonds is 6. The monoisotopic (exact) mass is 470 g/mol. The molecule has 5 rings (SSSR count). The zero-order valence-corrected chi connectivity index (χ0v) is 19.4. The number of nitrogens with one attached hydrogen (secondary N) is 1. The van der Waals surface area contributed by atoms with E-state index in [1.165, 1.54) is 18.6 Å². The van der Waals surface area contributed by atoms with Gasteiger partial charge in [0.25, 0.3) is 0 Å². The molecule has 2 fully saturated rings. The van der Waals surface area contributed by atoms with Crippen LogP contribution >= 0.6 is 11.6 Å². The van der Waals surface area contributed by atoms with E-state index in [1.54, 1.807) is 24.1 Å². The molecule has 3 heterocycles. The molecule has 0 aliphatic carbocycles. The summed E-state index contributed by atoms with van der Waals surface area (Å²) in [6, 6.07) is 12.2. The van der Waals surface area contributed by atoms with Gasteiger partial charge in [-0.15, -0.1) is 0 Å². The van der Waals surface area contributed by atoms with Gasteiger partial charge in [-0.05, 0) is 74.0 Å². The molecular weight excluding hydrogens is 443 g/mol. The van der Waals surface area contributed by atoms with Gasteiger partial charge in [-0.2, -0.15) is 0 Å². The normalized spacial score (nSPS) is 20.4. The van der Waals surface area contributed by atoms with Crippen LogP contribution in [0.15, 0.2) is 48.7 Å². The number of amides is 2. The van der Waals surface area contributed by atoms with Crippen molar-refractivity contribution in [2.24, 2.45) is 0 Å². The number of carbonyl (C=O) groups is 1. The van der Waals surface area contributed by atoms with E-state index in [9.17, 15) is 9.18 Å². The summed E-state index contributed by atoms with van der Waals surface area (Å²) in [7, 11) is 1.63. The predicted octanol–water partition coefficient (Wildman–Crippen LogP) is 4.95. The maximum atomic E-state index is 13.6. The minimum Gasteiger partial charge on any atom is -0.360 e. The van der Waals surface area contributed by atoms with Crippen LogP contribution in [0.4, 0.5) is 9.18 Å². The number of fused-ring (bicyclic) bond motifs is 1. The molecule has 0 spiro atoms. The van der Waals surface area contributed by atoms with Crippen molar-refractivity contribution in [1.29, 1.82) is 0 Å². The first kappa shape index (κ1) is 22.2. The number of benzene rings is 2. The third kappa shape index (κ3) is 4.33. The number of piperidine rings is 1. The standard InChI is InChI=1S/C25H28ClFN4O2/c1-33-24-14-28-25(32)31(24)16-23(29-11-3-2-4-12-29)21-15-30(19-8-6-18(27)7-9-19)22-10-5-17(26)13-20(21)22/h5-10,13,15,23-24H,2-4,11-12,14,16H2,1H3,(H,28,32). The Morgan fingerprint density at radius 3 is 2.64 bits per heavy atom. The van der Waals surface area contributed by atoms with Crippen LogP contribution in [0.5, 0.6) is 0 Å². The predicted molar refractivity (Wildman–Crippen MR) is 127 cm³/mol. The molecule has 33 heavy (non-hydrogen) atoms. The summed E-state index contributed by atoms with van der Waals surface area (Å²) in [5, 5.41) is 4.59. The zero-order valence-electron chi connectivity index (χ0n) is 18.6. The lowest BCUT2D eigenvalue weighted by molar-refractivity contribution is 0.00417. The smallest absolute Gasteiger partial charge is 0.319 e. The Hall–Kier alpha value is -2.61. The van der Waals surface area contributed by atoms with Crippen LogP contribution < -0.4 is 5.32 Å². The van der Waals surface area contributed by atoms with Crippen molar-refractivity contribution in [3.63, 3.8) is 0 Å². The van der Waals surface area contributed by atoms with Crippen molar-refractivity contribution in [3.8, 4) is 5.69 Å². The third-order valence-electron chi connectivity index (χ3n) is 6.77. The van der Waals surface area contributed by atoms with Crippen molar-refractivity contribution in [1.82, 2.24) is 19.7 Å². The van der Waals surface area contributed by atoms with Crippen molar-refractivity contribution >= 4 is 28.5 Å². The number of aromatic nitrogens is 1. The number of nitrogens with zero attached hydrogens (tertiary/aromatic N) is 3. The van der Waals surface area contributed by atoms with Crippen LogP contribution in [0.1, 0.15) is 30.9 Å². The van der Waals surface area contributed by atoms with Crippen LogP contribution in [0.3, 0.4) is 0 Å². The number of urea groups is 1. The molecule has 2 aliphatic rings. The second-order valence-electron chi connectivity index (χ2n) is 8.73. The molecule has 0 saturated carbocycles. The minimum atomic E-state index is -0.293. The van der Waals surface area contributed by atoms with E-state index in [0.717, 1.165) is 48.1 Å². The first-order valence-electron chi connectivity index (χ1n) is 11.4. The molecule has 1 aromatic heterocycles. The average Bonchev–Trinajstić information content (AvgIpc) is 3.38. The molecule has 2 aromatic carbocycles. The van der Waals surface area contributed by atoms with Crippen LogP contribution in [0.25, 0.3) is 16.6 Å². The van der Waals surface area contributed by atoms with Crippen LogP contribution in [-0.4, -0.2) is 59.9 Å². The number of methoxy groups -OCH3 is 1. The van der Waals surface area contributed by atoms with Crippen molar-refractivity contribution in [2.75, 3.05) is 33.3 Å². The Balaban J connectivity index is 1.62. The highest BCUT2D eigenvalue weighted by Crippen LogP contribution is 2.36. The summed E-state index contributed by atoms with van der Waals surface area (Å²) >= 11 is 6.43. The van der Waals surface area contributed by atoms with E-state index in [4.69, 9.17) is 16.3 Å². The van der Waals surface area contributed by atoms with Crippen molar-refractivity contribution in [3.05, 3.63) is 65.1 Å². The Morgan fingerprint density at radius 1 is 1.15 bits per heavy atom. The minimum absolute atomic E-state index is 0.0190. The highest BCUT2D eigenvalue weighted by molar-refractivity contribution is 6.31. The molecule has 174 valence electrons. The second kappa shape index (κ2) is 9.33. The fourth-order valence-electron chi connectivity index (χ4n) is 5.06. The first-order valence-corrected chi connectivity index (χ1v) is 11.8. The fourth-order valence-corrected chi connectivity index (χ4v) is 5.24. The number of carbonyl (C=O) groups excluding carboxylic acids is 1. The van der Waals surface area contributed by atoms with Gasteiger partial charge in [0.1, 0.15) is 5.82 Å². The van der Waals surface area contributed by atoms with E-state index in [1.807, 2.05) is 18.2 Å². The highest BCUT2D eigenvalue weighted by atomic mass is 35.5. The van der Waals surface area contributed by atoms with Gasteiger partial charge in [-0.3, -0.25) is 9.80 Å². The second-order valence-corrected chi connectivity index (χ2v) is 9.17. The molecule has 6 nitrogen and oxygen atoms in total. The van der Waals surface area contributed by atoms with Crippen molar-refractivity contribution in [2.45, 2.75) is 31.5 Å². The lowest BCUT2D eigenvalue weighted by Crippen LogP contribution is -2.44. The van der Waals surface area contributed by atoms with Gasteiger partial charge in [-0.1, -0.05) is 18.0 Å². The molecule has 2 saturated heterocycles. The third-order valence-corrected chi connectivity index (χ3v) is 7.01. The lowest BCUT2D eigenvalue weighted by Gasteiger charge is -2.37. The average molecular weight is 471 g/mol. The summed E-state index contributed by atoms with van der Waals surface area (Å²) in [5.41, 5.74) is 2.98. The van der Waals surface area contributed by atoms with Gasteiger partial charge in [-0.25, -0.2) is 9.18 Å². The number of hydrogen-bond donors (Lipinski definition) is 1. The largest absolute Gasteiger partial charge is 0.360 e. The lowest BCUT2D eigenvalue weighted by atomic mass is 10.0. The van der Waals surface area contributed by atoms with E-state index >= 15 is 0 Å². The van der Waals surface area contributed by atoms with E-state index < -0.39 is 0 Å². The molecule has 0 radical (unpaired) electrons. The van der Waals surface area contributed by atoms with Crippen LogP contribution in [-0.2, 0) is 4.74 Å². The van der Waals surface area contributed by atoms with Gasteiger partial charge in [0.05, 0.1) is 18.1 Å². The molecule has 1 N–H and O–H groups in total. The van der Waals surface area contributed by atoms with Gasteiger partial charge < -0.3 is 14.6 Å². The quantitative estimate of drug-likeness (QED) is 0.554. The molecule has 2 amide bonds. The molecule has 2 aliphatic heterocycles. The number of ether oxygens (including phenoxy) is 1. The maximum absolute atomic E-state index is 13.6. The summed E-state index contributed by atoms with van der Waals surface area (Å²) in [4.78, 5) is 16.9. The molecule has 8 heteroatoms. The molecule has 0 bridgehead atoms. The summed E-state index contributed by atoms with van der Waals surface area (Å²) in [6.45, 7) is 2.94. The highest BCUT2D eigenvalue weighted by Gasteiger charge is 2.36. The fraction of sp³-hybridized carbons (Fsp3) is 0.400. The van der Waals surface area contributed by atoms with E-state index in [-0.39, 0.29) is 24.1 Å². The SMILES string of the molecule is COC1CNC(=O)N1CC(c1cn(-c2ccc(F)cc2)c2ccc(Cl)cc12)N1CCCCC1. The van der Waals surface area contributed by atoms with Crippen molar-refractivity contribution < 1.29 is 13.9 Å². The van der Waals surface area contributed by atoms with E-state index in [0.29, 0.717) is 18.1 Å². The number of hydrogen-bond acceptors (Lipinski definition) is 3. The maximum Gasteiger partial charge on any atom is 0.319 e. The van der Waals surface area contributed by atoms with Gasteiger partial charge in [0.15, 0.2) is 6.23 Å². The molecule has 2 unspecified atom stereocenters. The Bertz CT molecular complexity index is 1140. The van der Waals surface area contributed by atoms with Crippen LogP contribution in [0.2, 0.25) is 5.02 Å². The molecule has 3 aromatic rings. The number of halogens is 2. The summed E-state index contributed by atoms with van der Waals surface area (Å²) < 4.78 is 21.2.